The maximum absolute atomic E-state index is 5.89. The highest BCUT2D eigenvalue weighted by molar-refractivity contribution is 5.21. The highest BCUT2D eigenvalue weighted by atomic mass is 16.3. The van der Waals surface area contributed by atoms with Gasteiger partial charge in [0.1, 0.15) is 11.5 Å². The van der Waals surface area contributed by atoms with Crippen molar-refractivity contribution in [2.75, 3.05) is 33.2 Å². The molecule has 3 rings (SSSR count). The van der Waals surface area contributed by atoms with Crippen molar-refractivity contribution in [3.8, 4) is 0 Å². The van der Waals surface area contributed by atoms with Crippen molar-refractivity contribution in [3.63, 3.8) is 0 Å². The Morgan fingerprint density at radius 3 is 2.90 bits per heavy atom. The van der Waals surface area contributed by atoms with Crippen LogP contribution in [0.25, 0.3) is 0 Å². The van der Waals surface area contributed by atoms with Gasteiger partial charge in [0.2, 0.25) is 0 Å². The van der Waals surface area contributed by atoms with E-state index in [4.69, 9.17) is 4.42 Å². The molecule has 112 valence electrons. The van der Waals surface area contributed by atoms with Gasteiger partial charge >= 0.3 is 0 Å². The third-order valence-electron chi connectivity index (χ3n) is 4.42. The van der Waals surface area contributed by atoms with Gasteiger partial charge in [0.15, 0.2) is 0 Å². The molecule has 20 heavy (non-hydrogen) atoms. The molecule has 4 nitrogen and oxygen atoms in total. The second kappa shape index (κ2) is 6.29. The number of hydrogen-bond donors (Lipinski definition) is 1. The smallest absolute Gasteiger partial charge is 0.118 e. The summed E-state index contributed by atoms with van der Waals surface area (Å²) in [5, 5.41) is 3.52. The van der Waals surface area contributed by atoms with E-state index >= 15 is 0 Å². The predicted molar refractivity (Wildman–Crippen MR) is 80.7 cm³/mol. The Balaban J connectivity index is 1.55. The lowest BCUT2D eigenvalue weighted by molar-refractivity contribution is 0.267. The van der Waals surface area contributed by atoms with Crippen molar-refractivity contribution in [3.05, 3.63) is 23.2 Å². The van der Waals surface area contributed by atoms with Crippen LogP contribution in [0.3, 0.4) is 0 Å². The van der Waals surface area contributed by atoms with E-state index in [9.17, 15) is 0 Å². The lowest BCUT2D eigenvalue weighted by Gasteiger charge is -2.19. The maximum atomic E-state index is 5.89. The molecule has 0 bridgehead atoms. The first-order valence-electron chi connectivity index (χ1n) is 7.93. The first-order chi connectivity index (χ1) is 9.70. The van der Waals surface area contributed by atoms with Crippen LogP contribution < -0.4 is 5.32 Å². The average molecular weight is 277 g/mol. The van der Waals surface area contributed by atoms with Crippen LogP contribution in [0.2, 0.25) is 0 Å². The van der Waals surface area contributed by atoms with Crippen LogP contribution in [-0.2, 0) is 13.1 Å². The number of nitrogens with one attached hydrogen (secondary N) is 1. The molecule has 1 aromatic heterocycles. The van der Waals surface area contributed by atoms with Crippen molar-refractivity contribution in [1.82, 2.24) is 15.1 Å². The molecule has 0 radical (unpaired) electrons. The fourth-order valence-corrected chi connectivity index (χ4v) is 2.86. The molecule has 0 amide bonds. The van der Waals surface area contributed by atoms with Crippen LogP contribution in [0.15, 0.2) is 10.5 Å². The molecular formula is C16H27N3O. The predicted octanol–water partition coefficient (Wildman–Crippen LogP) is 1.98. The molecule has 1 N–H and O–H groups in total. The van der Waals surface area contributed by atoms with Crippen LogP contribution in [-0.4, -0.2) is 49.1 Å². The van der Waals surface area contributed by atoms with Gasteiger partial charge in [-0.05, 0) is 52.4 Å². The largest absolute Gasteiger partial charge is 0.465 e. The van der Waals surface area contributed by atoms with Gasteiger partial charge in [-0.3, -0.25) is 4.90 Å². The molecule has 0 atom stereocenters. The van der Waals surface area contributed by atoms with E-state index < -0.39 is 0 Å². The highest BCUT2D eigenvalue weighted by Crippen LogP contribution is 2.21. The fraction of sp³-hybridized carbons (Fsp3) is 0.750. The van der Waals surface area contributed by atoms with Gasteiger partial charge < -0.3 is 14.6 Å². The van der Waals surface area contributed by atoms with Gasteiger partial charge in [-0.15, -0.1) is 0 Å². The molecule has 1 aliphatic heterocycles. The van der Waals surface area contributed by atoms with Crippen molar-refractivity contribution in [2.24, 2.45) is 0 Å². The second-order valence-corrected chi connectivity index (χ2v) is 6.38. The number of likely N-dealkylation sites (N-methyl/N-ethyl adjacent to an activating group) is 1. The van der Waals surface area contributed by atoms with Crippen molar-refractivity contribution in [1.29, 1.82) is 0 Å². The molecule has 2 heterocycles. The summed E-state index contributed by atoms with van der Waals surface area (Å²) in [5.74, 6) is 2.19. The number of furan rings is 1. The molecule has 0 aromatic carbocycles. The third-order valence-corrected chi connectivity index (χ3v) is 4.42. The standard InChI is InChI=1S/C16H27N3O/c1-13-14(10-16(20-13)11-17-15-4-5-15)12-19-7-3-6-18(2)8-9-19/h10,15,17H,3-9,11-12H2,1-2H3. The fourth-order valence-electron chi connectivity index (χ4n) is 2.86. The monoisotopic (exact) mass is 277 g/mol. The molecule has 1 aromatic rings. The zero-order valence-electron chi connectivity index (χ0n) is 12.8. The van der Waals surface area contributed by atoms with Gasteiger partial charge in [-0.1, -0.05) is 0 Å². The molecule has 1 saturated heterocycles. The Hall–Kier alpha value is -0.840. The second-order valence-electron chi connectivity index (χ2n) is 6.38. The molecule has 0 unspecified atom stereocenters. The molecule has 0 spiro atoms. The van der Waals surface area contributed by atoms with Crippen molar-refractivity contribution < 1.29 is 4.42 Å². The lowest BCUT2D eigenvalue weighted by Crippen LogP contribution is -2.28. The Kier molecular flexibility index (Phi) is 4.44. The Bertz CT molecular complexity index is 439. The summed E-state index contributed by atoms with van der Waals surface area (Å²) >= 11 is 0. The first-order valence-corrected chi connectivity index (χ1v) is 7.93. The maximum Gasteiger partial charge on any atom is 0.118 e. The summed E-state index contributed by atoms with van der Waals surface area (Å²) in [4.78, 5) is 4.98. The quantitative estimate of drug-likeness (QED) is 0.892. The van der Waals surface area contributed by atoms with E-state index in [0.717, 1.165) is 37.2 Å². The van der Waals surface area contributed by atoms with Crippen molar-refractivity contribution in [2.45, 2.75) is 45.3 Å². The Labute approximate surface area is 122 Å². The molecule has 1 saturated carbocycles. The Morgan fingerprint density at radius 1 is 1.25 bits per heavy atom. The number of hydrogen-bond acceptors (Lipinski definition) is 4. The minimum absolute atomic E-state index is 0.741. The Morgan fingerprint density at radius 2 is 2.10 bits per heavy atom. The van der Waals surface area contributed by atoms with Crippen LogP contribution >= 0.6 is 0 Å². The molecular weight excluding hydrogens is 250 g/mol. The van der Waals surface area contributed by atoms with Gasteiger partial charge in [0.25, 0.3) is 0 Å². The molecule has 1 aliphatic carbocycles. The minimum Gasteiger partial charge on any atom is -0.465 e. The summed E-state index contributed by atoms with van der Waals surface area (Å²) in [7, 11) is 2.22. The normalized spacial score (nSPS) is 22.1. The van der Waals surface area contributed by atoms with Gasteiger partial charge in [0.05, 0.1) is 6.54 Å². The zero-order chi connectivity index (χ0) is 13.9. The highest BCUT2D eigenvalue weighted by Gasteiger charge is 2.21. The van der Waals surface area contributed by atoms with E-state index in [1.54, 1.807) is 0 Å². The third kappa shape index (κ3) is 3.84. The summed E-state index contributed by atoms with van der Waals surface area (Å²) < 4.78 is 5.89. The van der Waals surface area contributed by atoms with E-state index in [2.05, 4.69) is 35.2 Å². The molecule has 4 heteroatoms. The van der Waals surface area contributed by atoms with Crippen LogP contribution in [0, 0.1) is 6.92 Å². The SMILES string of the molecule is Cc1oc(CNC2CC2)cc1CN1CCCN(C)CC1. The summed E-state index contributed by atoms with van der Waals surface area (Å²) in [5.41, 5.74) is 1.36. The van der Waals surface area contributed by atoms with E-state index in [1.165, 1.54) is 44.5 Å². The van der Waals surface area contributed by atoms with E-state index in [-0.39, 0.29) is 0 Å². The van der Waals surface area contributed by atoms with Gasteiger partial charge in [0, 0.05) is 31.2 Å². The van der Waals surface area contributed by atoms with Crippen LogP contribution in [0.4, 0.5) is 0 Å². The van der Waals surface area contributed by atoms with E-state index in [0.29, 0.717) is 0 Å². The summed E-state index contributed by atoms with van der Waals surface area (Å²) in [6.45, 7) is 8.77. The molecule has 2 aliphatic rings. The molecule has 2 fully saturated rings. The average Bonchev–Trinajstić information content (AvgIpc) is 3.20. The lowest BCUT2D eigenvalue weighted by atomic mass is 10.2. The van der Waals surface area contributed by atoms with Crippen LogP contribution in [0.5, 0.6) is 0 Å². The van der Waals surface area contributed by atoms with E-state index in [1.807, 2.05) is 0 Å². The van der Waals surface area contributed by atoms with Crippen molar-refractivity contribution >= 4 is 0 Å². The van der Waals surface area contributed by atoms with Gasteiger partial charge in [-0.25, -0.2) is 0 Å². The summed E-state index contributed by atoms with van der Waals surface area (Å²) in [6, 6.07) is 2.99. The number of aryl methyl sites for hydroxylation is 1. The summed E-state index contributed by atoms with van der Waals surface area (Å²) in [6.07, 6.45) is 3.92. The van der Waals surface area contributed by atoms with Crippen LogP contribution in [0.1, 0.15) is 36.3 Å². The zero-order valence-corrected chi connectivity index (χ0v) is 12.8. The topological polar surface area (TPSA) is 31.7 Å². The minimum atomic E-state index is 0.741. The van der Waals surface area contributed by atoms with Gasteiger partial charge in [-0.2, -0.15) is 0 Å². The number of nitrogens with zero attached hydrogens (tertiary/aromatic N) is 2. The first kappa shape index (κ1) is 14.1. The number of rotatable bonds is 5.